The van der Waals surface area contributed by atoms with Gasteiger partial charge in [-0.05, 0) is 48.5 Å². The molecule has 0 saturated carbocycles. The Bertz CT molecular complexity index is 969. The molecule has 0 aliphatic carbocycles. The zero-order chi connectivity index (χ0) is 25.1. The van der Waals surface area contributed by atoms with Crippen molar-refractivity contribution in [2.45, 2.75) is 44.2 Å². The van der Waals surface area contributed by atoms with Gasteiger partial charge in [0.2, 0.25) is 0 Å². The Morgan fingerprint density at radius 2 is 1.11 bits per heavy atom. The Morgan fingerprint density at radius 1 is 0.743 bits per heavy atom. The number of likely N-dealkylation sites (tertiary alicyclic amines) is 2. The van der Waals surface area contributed by atoms with Gasteiger partial charge >= 0.3 is 0 Å². The number of carbonyl (C=O) groups is 2. The van der Waals surface area contributed by atoms with Crippen molar-refractivity contribution in [1.29, 1.82) is 0 Å². The van der Waals surface area contributed by atoms with E-state index in [1.807, 2.05) is 24.3 Å². The molecule has 10 heteroatoms. The second-order valence-electron chi connectivity index (χ2n) is 9.46. The molecule has 2 aliphatic rings. The summed E-state index contributed by atoms with van der Waals surface area (Å²) >= 11 is 6.74. The smallest absolute Gasteiger partial charge is 0.283 e. The molecule has 0 aromatic heterocycles. The molecule has 0 spiro atoms. The van der Waals surface area contributed by atoms with Crippen LogP contribution in [0.15, 0.2) is 57.5 Å². The Hall–Kier alpha value is -1.82. The SMILES string of the molecule is O=C(Nc1ccc(Br)cc1)[C@@H]1CCC[N@@+]1([O-])CCC[N@+]1([O-])CCC[C@H]1C(=O)Nc1ccc(Br)cc1. The molecule has 2 heterocycles. The van der Waals surface area contributed by atoms with Crippen LogP contribution in [0.2, 0.25) is 0 Å². The van der Waals surface area contributed by atoms with E-state index in [1.54, 1.807) is 24.3 Å². The van der Waals surface area contributed by atoms with Crippen LogP contribution in [0.25, 0.3) is 0 Å². The predicted octanol–water partition coefficient (Wildman–Crippen LogP) is 5.13. The molecule has 2 aromatic carbocycles. The number of halogens is 2. The number of carbonyl (C=O) groups excluding carboxylic acids is 2. The van der Waals surface area contributed by atoms with Gasteiger partial charge in [0.1, 0.15) is 0 Å². The van der Waals surface area contributed by atoms with E-state index in [-0.39, 0.29) is 24.9 Å². The van der Waals surface area contributed by atoms with Gasteiger partial charge < -0.3 is 30.3 Å². The molecule has 2 saturated heterocycles. The number of anilines is 2. The summed E-state index contributed by atoms with van der Waals surface area (Å²) in [5.74, 6) is -0.558. The number of nitrogens with zero attached hydrogens (tertiary/aromatic N) is 2. The minimum atomic E-state index is -0.686. The van der Waals surface area contributed by atoms with Gasteiger partial charge in [-0.25, -0.2) is 0 Å². The van der Waals surface area contributed by atoms with Crippen LogP contribution in [0.4, 0.5) is 11.4 Å². The van der Waals surface area contributed by atoms with E-state index in [4.69, 9.17) is 0 Å². The van der Waals surface area contributed by atoms with Crippen molar-refractivity contribution < 1.29 is 18.9 Å². The van der Waals surface area contributed by atoms with E-state index in [2.05, 4.69) is 42.5 Å². The molecule has 0 radical (unpaired) electrons. The summed E-state index contributed by atoms with van der Waals surface area (Å²) in [5, 5.41) is 32.8. The van der Waals surface area contributed by atoms with Gasteiger partial charge in [-0.15, -0.1) is 0 Å². The highest BCUT2D eigenvalue weighted by Crippen LogP contribution is 2.31. The first-order valence-corrected chi connectivity index (χ1v) is 13.6. The summed E-state index contributed by atoms with van der Waals surface area (Å²) in [6.07, 6.45) is 2.79. The van der Waals surface area contributed by atoms with E-state index in [0.29, 0.717) is 56.6 Å². The van der Waals surface area contributed by atoms with E-state index < -0.39 is 21.4 Å². The molecular formula is C25H30Br2N4O4. The predicted molar refractivity (Wildman–Crippen MR) is 143 cm³/mol. The zero-order valence-electron chi connectivity index (χ0n) is 19.4. The molecule has 2 aliphatic heterocycles. The molecule has 2 N–H and O–H groups in total. The summed E-state index contributed by atoms with van der Waals surface area (Å²) < 4.78 is 0.590. The fraction of sp³-hybridized carbons (Fsp3) is 0.440. The highest BCUT2D eigenvalue weighted by atomic mass is 79.9. The number of amides is 2. The van der Waals surface area contributed by atoms with Gasteiger partial charge in [0.05, 0.1) is 26.2 Å². The summed E-state index contributed by atoms with van der Waals surface area (Å²) in [4.78, 5) is 25.7. The number of hydroxylamine groups is 6. The first-order valence-electron chi connectivity index (χ1n) is 12.0. The quantitative estimate of drug-likeness (QED) is 0.320. The monoisotopic (exact) mass is 608 g/mol. The lowest BCUT2D eigenvalue weighted by Gasteiger charge is -2.46. The van der Waals surface area contributed by atoms with Gasteiger partial charge in [-0.1, -0.05) is 31.9 Å². The van der Waals surface area contributed by atoms with Crippen molar-refractivity contribution in [3.63, 3.8) is 0 Å². The average Bonchev–Trinajstić information content (AvgIpc) is 3.40. The van der Waals surface area contributed by atoms with Gasteiger partial charge in [0.25, 0.3) is 11.8 Å². The minimum Gasteiger partial charge on any atom is -0.632 e. The topological polar surface area (TPSA) is 104 Å². The summed E-state index contributed by atoms with van der Waals surface area (Å²) in [6.45, 7) is 1.12. The highest BCUT2D eigenvalue weighted by molar-refractivity contribution is 9.10. The van der Waals surface area contributed by atoms with Crippen LogP contribution >= 0.6 is 31.9 Å². The number of nitrogens with one attached hydrogen (secondary N) is 2. The molecule has 2 fully saturated rings. The Kier molecular flexibility index (Phi) is 8.30. The molecule has 188 valence electrons. The number of benzene rings is 2. The Morgan fingerprint density at radius 3 is 1.49 bits per heavy atom. The maximum absolute atomic E-state index is 13.6. The van der Waals surface area contributed by atoms with Gasteiger partial charge in [0, 0.05) is 52.4 Å². The molecule has 8 nitrogen and oxygen atoms in total. The lowest BCUT2D eigenvalue weighted by molar-refractivity contribution is -0.902. The van der Waals surface area contributed by atoms with Gasteiger partial charge in [0.15, 0.2) is 12.1 Å². The van der Waals surface area contributed by atoms with Crippen molar-refractivity contribution in [1.82, 2.24) is 0 Å². The van der Waals surface area contributed by atoms with Crippen LogP contribution in [0.1, 0.15) is 32.1 Å². The summed E-state index contributed by atoms with van der Waals surface area (Å²) in [5.41, 5.74) is 1.30. The Labute approximate surface area is 222 Å². The molecule has 4 atom stereocenters. The largest absolute Gasteiger partial charge is 0.632 e. The first kappa shape index (κ1) is 26.2. The lowest BCUT2D eigenvalue weighted by atomic mass is 10.1. The van der Waals surface area contributed by atoms with Crippen molar-refractivity contribution in [3.05, 3.63) is 67.9 Å². The van der Waals surface area contributed by atoms with E-state index in [9.17, 15) is 20.0 Å². The molecular weight excluding hydrogens is 580 g/mol. The maximum atomic E-state index is 13.6. The van der Waals surface area contributed by atoms with E-state index >= 15 is 0 Å². The molecule has 4 rings (SSSR count). The standard InChI is InChI=1S/C25H30Br2N4O4/c26-18-6-10-20(11-7-18)28-24(32)22-4-1-14-30(22,34)16-3-17-31(35)15-2-5-23(31)25(33)29-21-12-8-19(27)9-13-21/h6-13,22-23H,1-5,14-17H2,(H,28,32)(H,29,33)/t22-,23-,30+,31+/m0/s1. The van der Waals surface area contributed by atoms with Crippen molar-refractivity contribution in [2.24, 2.45) is 0 Å². The average molecular weight is 610 g/mol. The van der Waals surface area contributed by atoms with Crippen molar-refractivity contribution in [2.75, 3.05) is 36.8 Å². The van der Waals surface area contributed by atoms with Crippen molar-refractivity contribution in [3.8, 4) is 0 Å². The maximum Gasteiger partial charge on any atom is 0.283 e. The van der Waals surface area contributed by atoms with Gasteiger partial charge in [-0.2, -0.15) is 0 Å². The highest BCUT2D eigenvalue weighted by Gasteiger charge is 2.43. The third-order valence-electron chi connectivity index (χ3n) is 7.07. The van der Waals surface area contributed by atoms with E-state index in [1.165, 1.54) is 0 Å². The van der Waals surface area contributed by atoms with Crippen LogP contribution in [0.3, 0.4) is 0 Å². The zero-order valence-corrected chi connectivity index (χ0v) is 22.6. The summed E-state index contributed by atoms with van der Waals surface area (Å²) in [6, 6.07) is 13.1. The lowest BCUT2D eigenvalue weighted by Crippen LogP contribution is -2.55. The fourth-order valence-corrected chi connectivity index (χ4v) is 5.76. The second-order valence-corrected chi connectivity index (χ2v) is 11.3. The fourth-order valence-electron chi connectivity index (χ4n) is 5.24. The first-order chi connectivity index (χ1) is 16.7. The molecule has 35 heavy (non-hydrogen) atoms. The van der Waals surface area contributed by atoms with Crippen LogP contribution in [-0.4, -0.2) is 59.4 Å². The molecule has 2 aromatic rings. The second kappa shape index (κ2) is 11.1. The minimum absolute atomic E-state index is 0.196. The third kappa shape index (κ3) is 6.31. The summed E-state index contributed by atoms with van der Waals surface area (Å²) in [7, 11) is 0. The van der Waals surface area contributed by atoms with Crippen LogP contribution in [-0.2, 0) is 9.59 Å². The van der Waals surface area contributed by atoms with E-state index in [0.717, 1.165) is 8.95 Å². The number of rotatable bonds is 8. The molecule has 0 bridgehead atoms. The van der Waals surface area contributed by atoms with Crippen LogP contribution < -0.4 is 10.6 Å². The van der Waals surface area contributed by atoms with Gasteiger partial charge in [-0.3, -0.25) is 9.59 Å². The molecule has 2 amide bonds. The number of hydrogen-bond donors (Lipinski definition) is 2. The normalized spacial score (nSPS) is 28.1. The molecule has 0 unspecified atom stereocenters. The third-order valence-corrected chi connectivity index (χ3v) is 8.12. The van der Waals surface area contributed by atoms with Crippen LogP contribution in [0.5, 0.6) is 0 Å². The Balaban J connectivity index is 1.33. The van der Waals surface area contributed by atoms with Crippen molar-refractivity contribution >= 4 is 55.0 Å². The number of hydrogen-bond acceptors (Lipinski definition) is 4. The van der Waals surface area contributed by atoms with Crippen LogP contribution in [0, 0.1) is 10.4 Å². The number of quaternary nitrogens is 2.